The number of sulfonamides is 1. The number of halogens is 1. The van der Waals surface area contributed by atoms with Crippen molar-refractivity contribution in [2.24, 2.45) is 0 Å². The molecule has 1 atom stereocenters. The SMILES string of the molecule is CNC(=O)[C@@H](C)N(CCc1ccccc1)C(=O)CN(c1ccccc1Cl)S(=O)(=O)c1ccccc1. The average Bonchev–Trinajstić information content (AvgIpc) is 2.88. The fourth-order valence-corrected chi connectivity index (χ4v) is 5.41. The fourth-order valence-electron chi connectivity index (χ4n) is 3.67. The van der Waals surface area contributed by atoms with Crippen LogP contribution in [-0.4, -0.2) is 51.3 Å². The van der Waals surface area contributed by atoms with Crippen LogP contribution in [0, 0.1) is 0 Å². The molecule has 0 spiro atoms. The van der Waals surface area contributed by atoms with Crippen LogP contribution in [0.5, 0.6) is 0 Å². The van der Waals surface area contributed by atoms with Gasteiger partial charge in [-0.15, -0.1) is 0 Å². The van der Waals surface area contributed by atoms with Crippen molar-refractivity contribution in [2.45, 2.75) is 24.3 Å². The van der Waals surface area contributed by atoms with Crippen LogP contribution < -0.4 is 9.62 Å². The largest absolute Gasteiger partial charge is 0.357 e. The second kappa shape index (κ2) is 11.9. The van der Waals surface area contributed by atoms with E-state index in [1.165, 1.54) is 24.1 Å². The summed E-state index contributed by atoms with van der Waals surface area (Å²) in [5.74, 6) is -0.863. The molecule has 3 rings (SSSR count). The molecule has 3 aromatic rings. The van der Waals surface area contributed by atoms with Crippen LogP contribution in [0.3, 0.4) is 0 Å². The number of anilines is 1. The van der Waals surface area contributed by atoms with Gasteiger partial charge in [-0.05, 0) is 43.2 Å². The first-order chi connectivity index (χ1) is 16.8. The topological polar surface area (TPSA) is 86.8 Å². The summed E-state index contributed by atoms with van der Waals surface area (Å²) in [6.45, 7) is 1.34. The molecule has 0 fully saturated rings. The van der Waals surface area contributed by atoms with Crippen LogP contribution in [0.15, 0.2) is 89.8 Å². The standard InChI is InChI=1S/C26H28ClN3O4S/c1-20(26(32)28-2)29(18-17-21-11-5-3-6-12-21)25(31)19-30(24-16-10-9-15-23(24)27)35(33,34)22-13-7-4-8-14-22/h3-16,20H,17-19H2,1-2H3,(H,28,32)/t20-/m1/s1. The van der Waals surface area contributed by atoms with Gasteiger partial charge in [-0.1, -0.05) is 72.3 Å². The van der Waals surface area contributed by atoms with E-state index in [0.717, 1.165) is 9.87 Å². The summed E-state index contributed by atoms with van der Waals surface area (Å²) in [7, 11) is -2.63. The van der Waals surface area contributed by atoms with E-state index in [2.05, 4.69) is 5.32 Å². The van der Waals surface area contributed by atoms with Gasteiger partial charge in [0.1, 0.15) is 12.6 Å². The van der Waals surface area contributed by atoms with E-state index in [-0.39, 0.29) is 28.1 Å². The first-order valence-corrected chi connectivity index (χ1v) is 12.9. The van der Waals surface area contributed by atoms with Crippen LogP contribution in [0.25, 0.3) is 0 Å². The third-order valence-corrected chi connectivity index (χ3v) is 7.72. The average molecular weight is 514 g/mol. The van der Waals surface area contributed by atoms with Crippen LogP contribution >= 0.6 is 11.6 Å². The third-order valence-electron chi connectivity index (χ3n) is 5.63. The summed E-state index contributed by atoms with van der Waals surface area (Å²) in [5.41, 5.74) is 1.18. The first-order valence-electron chi connectivity index (χ1n) is 11.1. The number of benzene rings is 3. The lowest BCUT2D eigenvalue weighted by Gasteiger charge is -2.32. The molecule has 35 heavy (non-hydrogen) atoms. The van der Waals surface area contributed by atoms with Gasteiger partial charge in [0.2, 0.25) is 11.8 Å². The molecule has 0 unspecified atom stereocenters. The molecular formula is C26H28ClN3O4S. The minimum absolute atomic E-state index is 0.0305. The number of carbonyl (C=O) groups excluding carboxylic acids is 2. The molecule has 2 amide bonds. The highest BCUT2D eigenvalue weighted by molar-refractivity contribution is 7.92. The van der Waals surface area contributed by atoms with Gasteiger partial charge in [0.15, 0.2) is 0 Å². The van der Waals surface area contributed by atoms with Gasteiger partial charge in [-0.2, -0.15) is 0 Å². The van der Waals surface area contributed by atoms with Gasteiger partial charge >= 0.3 is 0 Å². The number of hydrogen-bond acceptors (Lipinski definition) is 4. The van der Waals surface area contributed by atoms with Gasteiger partial charge in [-0.25, -0.2) is 8.42 Å². The smallest absolute Gasteiger partial charge is 0.264 e. The molecule has 0 bridgehead atoms. The second-order valence-electron chi connectivity index (χ2n) is 7.89. The molecule has 0 aromatic heterocycles. The molecule has 9 heteroatoms. The first kappa shape index (κ1) is 26.2. The van der Waals surface area contributed by atoms with E-state index >= 15 is 0 Å². The van der Waals surface area contributed by atoms with Crippen molar-refractivity contribution in [1.29, 1.82) is 0 Å². The van der Waals surface area contributed by atoms with Gasteiger partial charge in [0, 0.05) is 13.6 Å². The maximum atomic E-state index is 13.6. The molecule has 0 saturated heterocycles. The third kappa shape index (κ3) is 6.41. The number of nitrogens with one attached hydrogen (secondary N) is 1. The molecule has 0 aliphatic carbocycles. The van der Waals surface area contributed by atoms with Crippen molar-refractivity contribution in [3.63, 3.8) is 0 Å². The zero-order chi connectivity index (χ0) is 25.4. The van der Waals surface area contributed by atoms with Crippen LogP contribution in [0.2, 0.25) is 5.02 Å². The molecule has 0 aliphatic rings. The normalized spacial score (nSPS) is 12.0. The van der Waals surface area contributed by atoms with E-state index in [9.17, 15) is 18.0 Å². The summed E-state index contributed by atoms with van der Waals surface area (Å²) in [4.78, 5) is 27.5. The Morgan fingerprint density at radius 1 is 0.914 bits per heavy atom. The molecule has 0 heterocycles. The molecule has 3 aromatic carbocycles. The Labute approximate surface area is 211 Å². The molecule has 0 radical (unpaired) electrons. The molecule has 184 valence electrons. The van der Waals surface area contributed by atoms with Crippen molar-refractivity contribution in [3.05, 3.63) is 95.5 Å². The van der Waals surface area contributed by atoms with Crippen LogP contribution in [-0.2, 0) is 26.0 Å². The van der Waals surface area contributed by atoms with Crippen molar-refractivity contribution in [3.8, 4) is 0 Å². The number of para-hydroxylation sites is 1. The lowest BCUT2D eigenvalue weighted by Crippen LogP contribution is -2.51. The van der Waals surface area contributed by atoms with Crippen LogP contribution in [0.4, 0.5) is 5.69 Å². The summed E-state index contributed by atoms with van der Waals surface area (Å²) in [6.07, 6.45) is 0.505. The lowest BCUT2D eigenvalue weighted by atomic mass is 10.1. The monoisotopic (exact) mass is 513 g/mol. The quantitative estimate of drug-likeness (QED) is 0.447. The molecule has 0 aliphatic heterocycles. The number of likely N-dealkylation sites (N-methyl/N-ethyl adjacent to an activating group) is 1. The van der Waals surface area contributed by atoms with Crippen molar-refractivity contribution in [2.75, 3.05) is 24.4 Å². The minimum atomic E-state index is -4.12. The van der Waals surface area contributed by atoms with Crippen LogP contribution in [0.1, 0.15) is 12.5 Å². The molecule has 7 nitrogen and oxygen atoms in total. The molecular weight excluding hydrogens is 486 g/mol. The van der Waals surface area contributed by atoms with Gasteiger partial charge in [-0.3, -0.25) is 13.9 Å². The van der Waals surface area contributed by atoms with E-state index in [1.54, 1.807) is 49.4 Å². The highest BCUT2D eigenvalue weighted by atomic mass is 35.5. The van der Waals surface area contributed by atoms with Crippen molar-refractivity contribution in [1.82, 2.24) is 10.2 Å². The molecule has 1 N–H and O–H groups in total. The second-order valence-corrected chi connectivity index (χ2v) is 10.2. The summed E-state index contributed by atoms with van der Waals surface area (Å²) in [5, 5.41) is 2.75. The maximum Gasteiger partial charge on any atom is 0.264 e. The Balaban J connectivity index is 1.97. The highest BCUT2D eigenvalue weighted by Crippen LogP contribution is 2.30. The number of carbonyl (C=O) groups is 2. The van der Waals surface area contributed by atoms with Crippen molar-refractivity contribution >= 4 is 39.1 Å². The Kier molecular flexibility index (Phi) is 8.89. The zero-order valence-corrected chi connectivity index (χ0v) is 21.2. The van der Waals surface area contributed by atoms with E-state index in [1.807, 2.05) is 30.3 Å². The summed E-state index contributed by atoms with van der Waals surface area (Å²) < 4.78 is 28.2. The fraction of sp³-hybridized carbons (Fsp3) is 0.231. The number of nitrogens with zero attached hydrogens (tertiary/aromatic N) is 2. The Morgan fingerprint density at radius 3 is 2.09 bits per heavy atom. The maximum absolute atomic E-state index is 13.6. The van der Waals surface area contributed by atoms with Gasteiger partial charge < -0.3 is 10.2 Å². The number of amides is 2. The zero-order valence-electron chi connectivity index (χ0n) is 19.6. The van der Waals surface area contributed by atoms with E-state index < -0.39 is 28.5 Å². The Morgan fingerprint density at radius 2 is 1.49 bits per heavy atom. The van der Waals surface area contributed by atoms with E-state index in [4.69, 9.17) is 11.6 Å². The molecule has 0 saturated carbocycles. The number of hydrogen-bond donors (Lipinski definition) is 1. The minimum Gasteiger partial charge on any atom is -0.357 e. The Hall–Kier alpha value is -3.36. The predicted octanol–water partition coefficient (Wildman–Crippen LogP) is 3.74. The van der Waals surface area contributed by atoms with E-state index in [0.29, 0.717) is 6.42 Å². The summed E-state index contributed by atoms with van der Waals surface area (Å²) >= 11 is 6.36. The number of rotatable bonds is 10. The van der Waals surface area contributed by atoms with Crippen molar-refractivity contribution < 1.29 is 18.0 Å². The Bertz CT molecular complexity index is 1250. The lowest BCUT2D eigenvalue weighted by molar-refractivity contribution is -0.138. The van der Waals surface area contributed by atoms with Gasteiger partial charge in [0.25, 0.3) is 10.0 Å². The van der Waals surface area contributed by atoms with Gasteiger partial charge in [0.05, 0.1) is 15.6 Å². The predicted molar refractivity (Wildman–Crippen MR) is 138 cm³/mol. The highest BCUT2D eigenvalue weighted by Gasteiger charge is 2.32. The summed E-state index contributed by atoms with van der Waals surface area (Å²) in [6, 6.07) is 23.1.